The summed E-state index contributed by atoms with van der Waals surface area (Å²) < 4.78 is 60.9. The third-order valence-corrected chi connectivity index (χ3v) is 16.5. The number of allylic oxidation sites excluding steroid dienone is 14. The van der Waals surface area contributed by atoms with Gasteiger partial charge in [-0.25, -0.2) is 9.13 Å². The molecule has 18 heteroatoms. The molecule has 4 N–H and O–H groups in total. The summed E-state index contributed by atoms with van der Waals surface area (Å²) >= 11 is 0. The maximum absolute atomic E-state index is 12.9. The van der Waals surface area contributed by atoms with Gasteiger partial charge in [0.05, 0.1) is 26.4 Å². The Labute approximate surface area is 540 Å². The lowest BCUT2D eigenvalue weighted by atomic mass is 10.0. The van der Waals surface area contributed by atoms with E-state index in [1.807, 2.05) is 0 Å². The molecule has 0 spiro atoms. The second kappa shape index (κ2) is 64.8. The van der Waals surface area contributed by atoms with Crippen LogP contribution in [0.25, 0.3) is 0 Å². The largest absolute Gasteiger partial charge is 0.472 e. The molecule has 0 rings (SSSR count). The van der Waals surface area contributed by atoms with Gasteiger partial charge in [0.1, 0.15) is 25.4 Å². The number of ether oxygens (including phenoxy) is 3. The van der Waals surface area contributed by atoms with Crippen molar-refractivity contribution in [3.8, 4) is 0 Å². The van der Waals surface area contributed by atoms with E-state index < -0.39 is 91.5 Å². The lowest BCUT2D eigenvalue weighted by molar-refractivity contribution is -0.161. The number of aliphatic hydroxyl groups excluding tert-OH is 2. The molecule has 89 heavy (non-hydrogen) atoms. The molecule has 0 aromatic carbocycles. The SMILES string of the molecule is CC/C=C\C/C=C\C/C=C\C/C=C\C/C=C\CCCCCCCCCCCC(=O)OCC(O)COP(=O)(O)OCC(O)COP(=O)(O)OCC(COC(=O)CCCCCCC/C=C\C/C=C\CCCCC)OC(=O)CCCCCCCCCCCCCCC. The zero-order chi connectivity index (χ0) is 65.3. The van der Waals surface area contributed by atoms with E-state index in [1.165, 1.54) is 96.3 Å². The van der Waals surface area contributed by atoms with Gasteiger partial charge in [-0.15, -0.1) is 0 Å². The molecule has 0 aliphatic carbocycles. The Balaban J connectivity index is 4.53. The van der Waals surface area contributed by atoms with Crippen molar-refractivity contribution < 1.29 is 75.8 Å². The number of carbonyl (C=O) groups excluding carboxylic acids is 3. The maximum Gasteiger partial charge on any atom is 0.472 e. The van der Waals surface area contributed by atoms with Crippen LogP contribution in [0.2, 0.25) is 0 Å². The summed E-state index contributed by atoms with van der Waals surface area (Å²) in [7, 11) is -9.77. The highest BCUT2D eigenvalue weighted by Gasteiger charge is 2.29. The van der Waals surface area contributed by atoms with Crippen LogP contribution in [0.5, 0.6) is 0 Å². The average molecular weight is 1300 g/mol. The van der Waals surface area contributed by atoms with E-state index in [0.29, 0.717) is 19.3 Å². The summed E-state index contributed by atoms with van der Waals surface area (Å²) in [6.45, 7) is 2.52. The summed E-state index contributed by atoms with van der Waals surface area (Å²) in [4.78, 5) is 58.3. The number of hydrogen-bond acceptors (Lipinski definition) is 14. The van der Waals surface area contributed by atoms with Crippen LogP contribution in [-0.2, 0) is 55.8 Å². The lowest BCUT2D eigenvalue weighted by Gasteiger charge is -2.21. The topological polar surface area (TPSA) is 231 Å². The molecule has 516 valence electrons. The molecule has 0 radical (unpaired) electrons. The fourth-order valence-corrected chi connectivity index (χ4v) is 10.9. The number of aliphatic hydroxyl groups is 2. The van der Waals surface area contributed by atoms with Crippen molar-refractivity contribution >= 4 is 33.6 Å². The summed E-state index contributed by atoms with van der Waals surface area (Å²) in [6.07, 6.45) is 69.2. The van der Waals surface area contributed by atoms with Crippen molar-refractivity contribution in [2.45, 2.75) is 309 Å². The molecule has 5 unspecified atom stereocenters. The van der Waals surface area contributed by atoms with Crippen LogP contribution in [0.15, 0.2) is 85.1 Å². The number of hydrogen-bond donors (Lipinski definition) is 4. The number of unbranched alkanes of at least 4 members (excludes halogenated alkanes) is 29. The number of esters is 3. The molecule has 0 aliphatic rings. The van der Waals surface area contributed by atoms with E-state index >= 15 is 0 Å². The van der Waals surface area contributed by atoms with Gasteiger partial charge in [-0.3, -0.25) is 32.5 Å². The van der Waals surface area contributed by atoms with Gasteiger partial charge >= 0.3 is 33.6 Å². The van der Waals surface area contributed by atoms with Gasteiger partial charge in [-0.1, -0.05) is 260 Å². The predicted molar refractivity (Wildman–Crippen MR) is 362 cm³/mol. The average Bonchev–Trinajstić information content (AvgIpc) is 3.70. The van der Waals surface area contributed by atoms with Gasteiger partial charge in [0.15, 0.2) is 6.10 Å². The minimum Gasteiger partial charge on any atom is -0.463 e. The Bertz CT molecular complexity index is 1970. The Morgan fingerprint density at radius 2 is 0.596 bits per heavy atom. The van der Waals surface area contributed by atoms with E-state index in [0.717, 1.165) is 135 Å². The van der Waals surface area contributed by atoms with Crippen molar-refractivity contribution in [2.24, 2.45) is 0 Å². The fourth-order valence-electron chi connectivity index (χ4n) is 9.27. The van der Waals surface area contributed by atoms with Crippen LogP contribution < -0.4 is 0 Å². The smallest absolute Gasteiger partial charge is 0.463 e. The molecule has 16 nitrogen and oxygen atoms in total. The molecule has 0 saturated heterocycles. The summed E-state index contributed by atoms with van der Waals surface area (Å²) in [6, 6.07) is 0. The van der Waals surface area contributed by atoms with Crippen molar-refractivity contribution in [3.63, 3.8) is 0 Å². The van der Waals surface area contributed by atoms with E-state index in [9.17, 15) is 43.5 Å². The third kappa shape index (κ3) is 66.0. The molecule has 5 atom stereocenters. The highest BCUT2D eigenvalue weighted by molar-refractivity contribution is 7.47. The molecule has 0 fully saturated rings. The molecule has 0 amide bonds. The molecule has 0 aliphatic heterocycles. The Hall–Kier alpha value is -3.27. The Kier molecular flexibility index (Phi) is 62.4. The fraction of sp³-hybridized carbons (Fsp3) is 0.761. The zero-order valence-corrected chi connectivity index (χ0v) is 57.6. The molecule has 0 aromatic heterocycles. The van der Waals surface area contributed by atoms with E-state index in [4.69, 9.17) is 32.3 Å². The van der Waals surface area contributed by atoms with Crippen LogP contribution in [-0.4, -0.2) is 95.9 Å². The quantitative estimate of drug-likeness (QED) is 0.0146. The standard InChI is InChI=1S/C71H126O16P2/c1-4-7-10-13-16-19-22-25-27-28-29-30-31-32-33-34-35-36-38-41-42-45-48-51-54-57-69(74)81-60-66(72)61-83-88(77,78)84-62-67(73)63-85-89(79,80)86-65-68(87-71(76)59-56-53-50-47-44-39-24-21-18-15-12-9-6-3)64-82-70(75)58-55-52-49-46-43-40-37-26-23-20-17-14-11-8-5-2/h7,10,16-17,19-20,25-27,29-30,32-33,37,66-68,72-73H,4-6,8-9,11-15,18,21-24,28,31,34-36,38-65H2,1-3H3,(H,77,78)(H,79,80)/b10-7-,19-16-,20-17-,27-25-,30-29-,33-32-,37-26-. The van der Waals surface area contributed by atoms with Crippen molar-refractivity contribution in [1.29, 1.82) is 0 Å². The first-order valence-corrected chi connectivity index (χ1v) is 37.9. The van der Waals surface area contributed by atoms with Gasteiger partial charge in [-0.2, -0.15) is 0 Å². The second-order valence-corrected chi connectivity index (χ2v) is 26.2. The second-order valence-electron chi connectivity index (χ2n) is 23.3. The Morgan fingerprint density at radius 3 is 0.966 bits per heavy atom. The highest BCUT2D eigenvalue weighted by Crippen LogP contribution is 2.45. The number of carbonyl (C=O) groups is 3. The van der Waals surface area contributed by atoms with E-state index in [-0.39, 0.29) is 19.3 Å². The lowest BCUT2D eigenvalue weighted by Crippen LogP contribution is -2.30. The molecular formula is C71H126O16P2. The molecule has 0 heterocycles. The Morgan fingerprint density at radius 1 is 0.326 bits per heavy atom. The molecule has 0 aromatic rings. The van der Waals surface area contributed by atoms with Gasteiger partial charge in [-0.05, 0) is 96.3 Å². The van der Waals surface area contributed by atoms with Crippen LogP contribution in [0.1, 0.15) is 290 Å². The first-order valence-electron chi connectivity index (χ1n) is 34.9. The summed E-state index contributed by atoms with van der Waals surface area (Å²) in [5.74, 6) is -1.59. The third-order valence-electron chi connectivity index (χ3n) is 14.6. The van der Waals surface area contributed by atoms with Crippen LogP contribution >= 0.6 is 15.6 Å². The van der Waals surface area contributed by atoms with Crippen LogP contribution in [0.4, 0.5) is 0 Å². The first-order chi connectivity index (χ1) is 43.2. The number of phosphoric ester groups is 2. The molecular weight excluding hydrogens is 1170 g/mol. The van der Waals surface area contributed by atoms with Gasteiger partial charge in [0.2, 0.25) is 0 Å². The summed E-state index contributed by atoms with van der Waals surface area (Å²) in [5, 5.41) is 20.5. The first kappa shape index (κ1) is 85.7. The predicted octanol–water partition coefficient (Wildman–Crippen LogP) is 19.3. The minimum absolute atomic E-state index is 0.106. The monoisotopic (exact) mass is 1300 g/mol. The van der Waals surface area contributed by atoms with Gasteiger partial charge in [0.25, 0.3) is 0 Å². The number of phosphoric acid groups is 2. The highest BCUT2D eigenvalue weighted by atomic mass is 31.2. The van der Waals surface area contributed by atoms with Gasteiger partial charge in [0, 0.05) is 19.3 Å². The number of rotatable bonds is 66. The molecule has 0 bridgehead atoms. The minimum atomic E-state index is -4.92. The van der Waals surface area contributed by atoms with Crippen LogP contribution in [0.3, 0.4) is 0 Å². The van der Waals surface area contributed by atoms with E-state index in [2.05, 4.69) is 106 Å². The van der Waals surface area contributed by atoms with Crippen molar-refractivity contribution in [3.05, 3.63) is 85.1 Å². The zero-order valence-electron chi connectivity index (χ0n) is 55.8. The molecule has 0 saturated carbocycles. The summed E-state index contributed by atoms with van der Waals surface area (Å²) in [5.41, 5.74) is 0. The van der Waals surface area contributed by atoms with Crippen molar-refractivity contribution in [1.82, 2.24) is 0 Å². The van der Waals surface area contributed by atoms with Gasteiger partial charge < -0.3 is 34.2 Å². The normalized spacial score (nSPS) is 14.7. The van der Waals surface area contributed by atoms with E-state index in [1.54, 1.807) is 0 Å². The van der Waals surface area contributed by atoms with Crippen LogP contribution in [0, 0.1) is 0 Å². The maximum atomic E-state index is 12.9. The van der Waals surface area contributed by atoms with Crippen molar-refractivity contribution in [2.75, 3.05) is 39.6 Å².